The highest BCUT2D eigenvalue weighted by Crippen LogP contribution is 2.31. The number of ether oxygens (including phenoxy) is 1. The predicted octanol–water partition coefficient (Wildman–Crippen LogP) is 2.34. The fourth-order valence-corrected chi connectivity index (χ4v) is 3.87. The van der Waals surface area contributed by atoms with Crippen molar-refractivity contribution < 1.29 is 9.53 Å². The Hall–Kier alpha value is -1.00. The lowest BCUT2D eigenvalue weighted by atomic mass is 10.0. The number of amides is 1. The van der Waals surface area contributed by atoms with Gasteiger partial charge in [0.1, 0.15) is 0 Å². The molecule has 0 N–H and O–H groups in total. The molecular formula is C15H19NO2S. The topological polar surface area (TPSA) is 29.5 Å². The number of benzene rings is 1. The van der Waals surface area contributed by atoms with Crippen molar-refractivity contribution in [2.75, 3.05) is 31.3 Å². The van der Waals surface area contributed by atoms with E-state index in [0.717, 1.165) is 31.1 Å². The maximum atomic E-state index is 12.6. The third kappa shape index (κ3) is 2.79. The maximum absolute atomic E-state index is 12.6. The van der Waals surface area contributed by atoms with Gasteiger partial charge in [-0.2, -0.15) is 11.8 Å². The second kappa shape index (κ2) is 5.97. The first-order valence-electron chi connectivity index (χ1n) is 6.87. The van der Waals surface area contributed by atoms with E-state index in [0.29, 0.717) is 6.61 Å². The number of carbonyl (C=O) groups is 1. The quantitative estimate of drug-likeness (QED) is 0.831. The molecule has 0 radical (unpaired) electrons. The zero-order chi connectivity index (χ0) is 13.1. The van der Waals surface area contributed by atoms with Crippen molar-refractivity contribution in [1.82, 2.24) is 4.90 Å². The molecule has 0 aromatic heterocycles. The van der Waals surface area contributed by atoms with Gasteiger partial charge in [-0.1, -0.05) is 30.3 Å². The van der Waals surface area contributed by atoms with Crippen LogP contribution in [0, 0.1) is 5.92 Å². The minimum Gasteiger partial charge on any atom is -0.381 e. The van der Waals surface area contributed by atoms with Crippen LogP contribution in [-0.2, 0) is 9.53 Å². The zero-order valence-corrected chi connectivity index (χ0v) is 11.8. The van der Waals surface area contributed by atoms with E-state index < -0.39 is 0 Å². The molecule has 2 heterocycles. The Labute approximate surface area is 118 Å². The number of nitrogens with zero attached hydrogens (tertiary/aromatic N) is 1. The van der Waals surface area contributed by atoms with Crippen LogP contribution in [0.5, 0.6) is 0 Å². The summed E-state index contributed by atoms with van der Waals surface area (Å²) in [7, 11) is 0. The maximum Gasteiger partial charge on any atom is 0.228 e. The van der Waals surface area contributed by atoms with Crippen molar-refractivity contribution in [2.45, 2.75) is 12.5 Å². The molecule has 0 spiro atoms. The van der Waals surface area contributed by atoms with Gasteiger partial charge in [-0.3, -0.25) is 4.79 Å². The van der Waals surface area contributed by atoms with Gasteiger partial charge < -0.3 is 9.64 Å². The molecule has 2 fully saturated rings. The van der Waals surface area contributed by atoms with Gasteiger partial charge >= 0.3 is 0 Å². The first-order valence-corrected chi connectivity index (χ1v) is 8.02. The number of rotatable bonds is 2. The summed E-state index contributed by atoms with van der Waals surface area (Å²) in [6.45, 7) is 2.19. The SMILES string of the molecule is O=C(C1CCOC1)N1CCSCC1c1ccccc1. The minimum absolute atomic E-state index is 0.0781. The molecule has 1 amide bonds. The summed E-state index contributed by atoms with van der Waals surface area (Å²) >= 11 is 1.94. The summed E-state index contributed by atoms with van der Waals surface area (Å²) in [6.07, 6.45) is 0.879. The Morgan fingerprint density at radius 3 is 2.89 bits per heavy atom. The standard InChI is InChI=1S/C15H19NO2S/c17-15(13-6-8-18-10-13)16-7-9-19-11-14(16)12-4-2-1-3-5-12/h1-5,13-14H,6-11H2. The molecular weight excluding hydrogens is 258 g/mol. The van der Waals surface area contributed by atoms with Gasteiger partial charge in [0.15, 0.2) is 0 Å². The Morgan fingerprint density at radius 1 is 1.32 bits per heavy atom. The zero-order valence-electron chi connectivity index (χ0n) is 11.0. The molecule has 2 saturated heterocycles. The summed E-state index contributed by atoms with van der Waals surface area (Å²) in [5, 5.41) is 0. The van der Waals surface area contributed by atoms with Gasteiger partial charge in [-0.25, -0.2) is 0 Å². The Kier molecular flexibility index (Phi) is 4.09. The molecule has 1 aromatic carbocycles. The summed E-state index contributed by atoms with van der Waals surface area (Å²) < 4.78 is 5.36. The van der Waals surface area contributed by atoms with E-state index in [-0.39, 0.29) is 17.9 Å². The number of carbonyl (C=O) groups excluding carboxylic acids is 1. The number of hydrogen-bond acceptors (Lipinski definition) is 3. The molecule has 2 aliphatic rings. The van der Waals surface area contributed by atoms with Crippen LogP contribution >= 0.6 is 11.8 Å². The van der Waals surface area contributed by atoms with Crippen LogP contribution in [0.15, 0.2) is 30.3 Å². The van der Waals surface area contributed by atoms with E-state index >= 15 is 0 Å². The summed E-state index contributed by atoms with van der Waals surface area (Å²) in [6, 6.07) is 10.6. The van der Waals surface area contributed by atoms with Gasteiger partial charge in [0.2, 0.25) is 5.91 Å². The number of thioether (sulfide) groups is 1. The lowest BCUT2D eigenvalue weighted by molar-refractivity contribution is -0.137. The third-order valence-electron chi connectivity index (χ3n) is 3.87. The summed E-state index contributed by atoms with van der Waals surface area (Å²) in [5.41, 5.74) is 1.25. The largest absolute Gasteiger partial charge is 0.381 e. The van der Waals surface area contributed by atoms with Crippen molar-refractivity contribution >= 4 is 17.7 Å². The third-order valence-corrected chi connectivity index (χ3v) is 4.90. The molecule has 3 rings (SSSR count). The van der Waals surface area contributed by atoms with Crippen LogP contribution in [0.25, 0.3) is 0 Å². The Bertz CT molecular complexity index is 431. The second-order valence-corrected chi connectivity index (χ2v) is 6.24. The van der Waals surface area contributed by atoms with Crippen LogP contribution in [0.2, 0.25) is 0 Å². The van der Waals surface area contributed by atoms with Crippen LogP contribution in [0.3, 0.4) is 0 Å². The smallest absolute Gasteiger partial charge is 0.228 e. The van der Waals surface area contributed by atoms with E-state index in [2.05, 4.69) is 29.2 Å². The van der Waals surface area contributed by atoms with Gasteiger partial charge in [-0.15, -0.1) is 0 Å². The average Bonchev–Trinajstić information content (AvgIpc) is 3.02. The van der Waals surface area contributed by atoms with Crippen molar-refractivity contribution in [2.24, 2.45) is 5.92 Å². The minimum atomic E-state index is 0.0781. The van der Waals surface area contributed by atoms with E-state index in [1.54, 1.807) is 0 Å². The van der Waals surface area contributed by atoms with E-state index in [1.165, 1.54) is 5.56 Å². The normalized spacial score (nSPS) is 27.5. The molecule has 19 heavy (non-hydrogen) atoms. The van der Waals surface area contributed by atoms with Crippen LogP contribution in [-0.4, -0.2) is 42.1 Å². The van der Waals surface area contributed by atoms with E-state index in [9.17, 15) is 4.79 Å². The van der Waals surface area contributed by atoms with Gasteiger partial charge in [0.05, 0.1) is 18.6 Å². The molecule has 3 nitrogen and oxygen atoms in total. The average molecular weight is 277 g/mol. The molecule has 0 aliphatic carbocycles. The van der Waals surface area contributed by atoms with Crippen molar-refractivity contribution in [1.29, 1.82) is 0 Å². The molecule has 102 valence electrons. The second-order valence-electron chi connectivity index (χ2n) is 5.09. The first kappa shape index (κ1) is 13.0. The summed E-state index contributed by atoms with van der Waals surface area (Å²) in [4.78, 5) is 14.7. The van der Waals surface area contributed by atoms with Crippen LogP contribution in [0.1, 0.15) is 18.0 Å². The van der Waals surface area contributed by atoms with Crippen molar-refractivity contribution in [3.8, 4) is 0 Å². The van der Waals surface area contributed by atoms with E-state index in [4.69, 9.17) is 4.74 Å². The van der Waals surface area contributed by atoms with E-state index in [1.807, 2.05) is 17.8 Å². The van der Waals surface area contributed by atoms with Crippen LogP contribution in [0.4, 0.5) is 0 Å². The molecule has 2 atom stereocenters. The van der Waals surface area contributed by atoms with Gasteiger partial charge in [0.25, 0.3) is 0 Å². The monoisotopic (exact) mass is 277 g/mol. The fourth-order valence-electron chi connectivity index (χ4n) is 2.78. The number of hydrogen-bond donors (Lipinski definition) is 0. The first-order chi connectivity index (χ1) is 9.36. The molecule has 2 unspecified atom stereocenters. The molecule has 0 saturated carbocycles. The van der Waals surface area contributed by atoms with Crippen molar-refractivity contribution in [3.63, 3.8) is 0 Å². The lowest BCUT2D eigenvalue weighted by Crippen LogP contribution is -2.44. The van der Waals surface area contributed by atoms with Crippen molar-refractivity contribution in [3.05, 3.63) is 35.9 Å². The Morgan fingerprint density at radius 2 is 2.16 bits per heavy atom. The molecule has 1 aromatic rings. The highest BCUT2D eigenvalue weighted by atomic mass is 32.2. The Balaban J connectivity index is 1.79. The predicted molar refractivity (Wildman–Crippen MR) is 77.1 cm³/mol. The highest BCUT2D eigenvalue weighted by molar-refractivity contribution is 7.99. The molecule has 0 bridgehead atoms. The molecule has 4 heteroatoms. The van der Waals surface area contributed by atoms with Gasteiger partial charge in [-0.05, 0) is 12.0 Å². The summed E-state index contributed by atoms with van der Waals surface area (Å²) in [5.74, 6) is 2.41. The van der Waals surface area contributed by atoms with Crippen LogP contribution < -0.4 is 0 Å². The lowest BCUT2D eigenvalue weighted by Gasteiger charge is -2.37. The highest BCUT2D eigenvalue weighted by Gasteiger charge is 2.34. The molecule has 2 aliphatic heterocycles. The van der Waals surface area contributed by atoms with Gasteiger partial charge in [0, 0.05) is 24.7 Å². The fraction of sp³-hybridized carbons (Fsp3) is 0.533.